The Bertz CT molecular complexity index is 775. The van der Waals surface area contributed by atoms with Gasteiger partial charge in [0.1, 0.15) is 5.41 Å². The fourth-order valence-corrected chi connectivity index (χ4v) is 4.04. The Balaban J connectivity index is 1.61. The van der Waals surface area contributed by atoms with Gasteiger partial charge in [0.2, 0.25) is 0 Å². The molecule has 3 rings (SSSR count). The molecule has 0 bridgehead atoms. The summed E-state index contributed by atoms with van der Waals surface area (Å²) in [6, 6.07) is 20.2. The van der Waals surface area contributed by atoms with Crippen LogP contribution in [0, 0.1) is 5.41 Å². The molecule has 1 saturated heterocycles. The topological polar surface area (TPSA) is 60.8 Å². The second-order valence-electron chi connectivity index (χ2n) is 7.65. The van der Waals surface area contributed by atoms with E-state index in [1.165, 1.54) is 5.56 Å². The van der Waals surface area contributed by atoms with Gasteiger partial charge < -0.3 is 10.2 Å². The zero-order valence-corrected chi connectivity index (χ0v) is 16.2. The molecule has 1 aliphatic heterocycles. The maximum absolute atomic E-state index is 12.2. The minimum atomic E-state index is -1.09. The van der Waals surface area contributed by atoms with E-state index in [4.69, 9.17) is 0 Å². The number of hydrogen-bond acceptors (Lipinski definition) is 3. The minimum Gasteiger partial charge on any atom is -0.481 e. The van der Waals surface area contributed by atoms with Crippen molar-refractivity contribution in [3.05, 3.63) is 77.9 Å². The summed E-state index contributed by atoms with van der Waals surface area (Å²) in [5.74, 6) is -0.884. The molecule has 0 spiro atoms. The highest BCUT2D eigenvalue weighted by atomic mass is 16.4. The summed E-state index contributed by atoms with van der Waals surface area (Å²) in [6.07, 6.45) is 5.90. The smallest absolute Gasteiger partial charge is 0.313 e. The zero-order valence-electron chi connectivity index (χ0n) is 16.2. The van der Waals surface area contributed by atoms with Crippen molar-refractivity contribution in [2.75, 3.05) is 19.6 Å². The summed E-state index contributed by atoms with van der Waals surface area (Å²) in [5, 5.41) is 20.6. The Kier molecular flexibility index (Phi) is 7.01. The summed E-state index contributed by atoms with van der Waals surface area (Å²) >= 11 is 0. The fraction of sp³-hybridized carbons (Fsp3) is 0.375. The molecule has 2 atom stereocenters. The highest BCUT2D eigenvalue weighted by Gasteiger charge is 2.48. The van der Waals surface area contributed by atoms with Crippen LogP contribution in [0.25, 0.3) is 6.08 Å². The Morgan fingerprint density at radius 2 is 1.79 bits per heavy atom. The zero-order chi connectivity index (χ0) is 19.8. The molecule has 1 heterocycles. The van der Waals surface area contributed by atoms with Gasteiger partial charge in [-0.05, 0) is 36.8 Å². The third-order valence-corrected chi connectivity index (χ3v) is 5.69. The first-order valence-electron chi connectivity index (χ1n) is 9.99. The van der Waals surface area contributed by atoms with E-state index in [1.54, 1.807) is 0 Å². The van der Waals surface area contributed by atoms with Gasteiger partial charge in [-0.1, -0.05) is 72.8 Å². The number of hydrogen-bond donors (Lipinski definition) is 2. The number of aryl methyl sites for hydroxylation is 1. The lowest BCUT2D eigenvalue weighted by Gasteiger charge is -2.43. The average molecular weight is 380 g/mol. The first-order chi connectivity index (χ1) is 13.6. The second-order valence-corrected chi connectivity index (χ2v) is 7.65. The molecule has 0 saturated carbocycles. The van der Waals surface area contributed by atoms with E-state index in [1.807, 2.05) is 48.5 Å². The second kappa shape index (κ2) is 9.67. The highest BCUT2D eigenvalue weighted by molar-refractivity contribution is 5.76. The van der Waals surface area contributed by atoms with Gasteiger partial charge in [0, 0.05) is 19.6 Å². The molecule has 2 aromatic carbocycles. The number of aliphatic hydroxyl groups is 1. The Morgan fingerprint density at radius 3 is 2.46 bits per heavy atom. The number of piperidine rings is 1. The lowest BCUT2D eigenvalue weighted by atomic mass is 9.73. The molecular formula is C24H29NO3. The van der Waals surface area contributed by atoms with Gasteiger partial charge in [0.25, 0.3) is 0 Å². The van der Waals surface area contributed by atoms with Crippen LogP contribution in [0.5, 0.6) is 0 Å². The maximum atomic E-state index is 12.2. The average Bonchev–Trinajstić information content (AvgIpc) is 2.71. The van der Waals surface area contributed by atoms with Crippen LogP contribution in [-0.4, -0.2) is 46.8 Å². The van der Waals surface area contributed by atoms with Gasteiger partial charge in [0.15, 0.2) is 0 Å². The SMILES string of the molecule is O=C(O)[C@]1(CCCc2ccccc2)CN(C/C=C/c2ccccc2)CC[C@@H]1O. The molecule has 148 valence electrons. The van der Waals surface area contributed by atoms with Crippen molar-refractivity contribution in [3.63, 3.8) is 0 Å². The summed E-state index contributed by atoms with van der Waals surface area (Å²) in [5.41, 5.74) is 1.25. The molecule has 1 aliphatic rings. The normalized spacial score (nSPS) is 23.1. The molecule has 28 heavy (non-hydrogen) atoms. The lowest BCUT2D eigenvalue weighted by Crippen LogP contribution is -2.56. The van der Waals surface area contributed by atoms with Crippen LogP contribution in [0.15, 0.2) is 66.7 Å². The Labute approximate surface area is 167 Å². The molecule has 4 nitrogen and oxygen atoms in total. The van der Waals surface area contributed by atoms with Crippen molar-refractivity contribution in [3.8, 4) is 0 Å². The molecule has 0 aromatic heterocycles. The number of aliphatic hydroxyl groups excluding tert-OH is 1. The maximum Gasteiger partial charge on any atom is 0.313 e. The van der Waals surface area contributed by atoms with E-state index in [2.05, 4.69) is 29.2 Å². The number of carboxylic acids is 1. The van der Waals surface area contributed by atoms with Gasteiger partial charge in [-0.15, -0.1) is 0 Å². The first kappa shape index (κ1) is 20.3. The van der Waals surface area contributed by atoms with Crippen molar-refractivity contribution in [2.45, 2.75) is 31.8 Å². The number of carbonyl (C=O) groups is 1. The third-order valence-electron chi connectivity index (χ3n) is 5.69. The summed E-state index contributed by atoms with van der Waals surface area (Å²) in [7, 11) is 0. The van der Waals surface area contributed by atoms with E-state index in [9.17, 15) is 15.0 Å². The number of likely N-dealkylation sites (tertiary alicyclic amines) is 1. The number of rotatable bonds is 8. The Hall–Kier alpha value is -2.43. The van der Waals surface area contributed by atoms with Crippen LogP contribution in [0.3, 0.4) is 0 Å². The first-order valence-corrected chi connectivity index (χ1v) is 9.99. The summed E-state index contributed by atoms with van der Waals surface area (Å²) in [6.45, 7) is 1.79. The van der Waals surface area contributed by atoms with Gasteiger partial charge in [-0.3, -0.25) is 9.69 Å². The van der Waals surface area contributed by atoms with E-state index in [-0.39, 0.29) is 0 Å². The number of benzene rings is 2. The third kappa shape index (κ3) is 5.09. The summed E-state index contributed by atoms with van der Waals surface area (Å²) < 4.78 is 0. The minimum absolute atomic E-state index is 0.386. The summed E-state index contributed by atoms with van der Waals surface area (Å²) in [4.78, 5) is 14.3. The van der Waals surface area contributed by atoms with Crippen molar-refractivity contribution in [1.82, 2.24) is 4.90 Å². The van der Waals surface area contributed by atoms with E-state index < -0.39 is 17.5 Å². The number of aliphatic carboxylic acids is 1. The quantitative estimate of drug-likeness (QED) is 0.731. The molecule has 0 radical (unpaired) electrons. The molecular weight excluding hydrogens is 350 g/mol. The van der Waals surface area contributed by atoms with Crippen LogP contribution in [0.2, 0.25) is 0 Å². The van der Waals surface area contributed by atoms with E-state index in [0.717, 1.165) is 18.4 Å². The van der Waals surface area contributed by atoms with Gasteiger partial charge in [-0.25, -0.2) is 0 Å². The van der Waals surface area contributed by atoms with E-state index >= 15 is 0 Å². The largest absolute Gasteiger partial charge is 0.481 e. The van der Waals surface area contributed by atoms with Crippen molar-refractivity contribution < 1.29 is 15.0 Å². The van der Waals surface area contributed by atoms with Crippen LogP contribution < -0.4 is 0 Å². The van der Waals surface area contributed by atoms with Gasteiger partial charge in [0.05, 0.1) is 6.10 Å². The van der Waals surface area contributed by atoms with Crippen LogP contribution in [0.4, 0.5) is 0 Å². The molecule has 0 aliphatic carbocycles. The van der Waals surface area contributed by atoms with Gasteiger partial charge >= 0.3 is 5.97 Å². The van der Waals surface area contributed by atoms with Crippen molar-refractivity contribution in [1.29, 1.82) is 0 Å². The molecule has 0 unspecified atom stereocenters. The van der Waals surface area contributed by atoms with Crippen LogP contribution >= 0.6 is 0 Å². The number of carboxylic acid groups (broad SMARTS) is 1. The molecule has 2 N–H and O–H groups in total. The molecule has 1 fully saturated rings. The number of nitrogens with zero attached hydrogens (tertiary/aromatic N) is 1. The Morgan fingerprint density at radius 1 is 1.11 bits per heavy atom. The standard InChI is InChI=1S/C24H29NO3/c26-22-15-18-25(17-8-14-21-11-5-2-6-12-21)19-24(22,23(27)28)16-7-13-20-9-3-1-4-10-20/h1-6,8-12,14,22,26H,7,13,15-19H2,(H,27,28)/b14-8+/t22-,24+/m0/s1. The monoisotopic (exact) mass is 379 g/mol. The predicted molar refractivity (Wildman–Crippen MR) is 112 cm³/mol. The molecule has 4 heteroatoms. The molecule has 0 amide bonds. The van der Waals surface area contributed by atoms with Crippen LogP contribution in [-0.2, 0) is 11.2 Å². The van der Waals surface area contributed by atoms with Crippen LogP contribution in [0.1, 0.15) is 30.4 Å². The fourth-order valence-electron chi connectivity index (χ4n) is 4.04. The van der Waals surface area contributed by atoms with E-state index in [0.29, 0.717) is 32.5 Å². The van der Waals surface area contributed by atoms with Crippen molar-refractivity contribution >= 4 is 12.0 Å². The molecule has 2 aromatic rings. The van der Waals surface area contributed by atoms with Gasteiger partial charge in [-0.2, -0.15) is 0 Å². The van der Waals surface area contributed by atoms with Crippen molar-refractivity contribution in [2.24, 2.45) is 5.41 Å². The lowest BCUT2D eigenvalue weighted by molar-refractivity contribution is -0.164. The predicted octanol–water partition coefficient (Wildman–Crippen LogP) is 3.86. The highest BCUT2D eigenvalue weighted by Crippen LogP contribution is 2.36.